The molecule has 18 heavy (non-hydrogen) atoms. The van der Waals surface area contributed by atoms with E-state index in [1.807, 2.05) is 13.1 Å². The number of para-hydroxylation sites is 1. The summed E-state index contributed by atoms with van der Waals surface area (Å²) in [6, 6.07) is 10.7. The van der Waals surface area contributed by atoms with E-state index in [0.717, 1.165) is 18.0 Å². The maximum Gasteiger partial charge on any atom is 0.0702 e. The maximum absolute atomic E-state index is 4.60. The molecule has 0 spiro atoms. The molecular weight excluding hydrogens is 220 g/mol. The first-order chi connectivity index (χ1) is 8.88. The Morgan fingerprint density at radius 2 is 2.17 bits per heavy atom. The van der Waals surface area contributed by atoms with Crippen LogP contribution in [0.2, 0.25) is 0 Å². The Morgan fingerprint density at radius 1 is 1.28 bits per heavy atom. The Bertz CT molecular complexity index is 535. The van der Waals surface area contributed by atoms with Crippen LogP contribution in [0.25, 0.3) is 10.9 Å². The molecule has 0 amide bonds. The summed E-state index contributed by atoms with van der Waals surface area (Å²) in [6.45, 7) is 1.12. The van der Waals surface area contributed by atoms with Gasteiger partial charge in [0, 0.05) is 11.6 Å². The first kappa shape index (κ1) is 11.7. The number of aromatic nitrogens is 1. The molecule has 94 valence electrons. The van der Waals surface area contributed by atoms with Crippen LogP contribution in [-0.4, -0.2) is 18.6 Å². The number of nitrogens with zero attached hydrogens (tertiary/aromatic N) is 1. The molecule has 2 atom stereocenters. The molecule has 1 aliphatic rings. The molecule has 0 aliphatic heterocycles. The van der Waals surface area contributed by atoms with Crippen LogP contribution in [0, 0.1) is 5.92 Å². The minimum absolute atomic E-state index is 0.689. The molecule has 2 nitrogen and oxygen atoms in total. The maximum atomic E-state index is 4.60. The van der Waals surface area contributed by atoms with E-state index < -0.39 is 0 Å². The van der Waals surface area contributed by atoms with Gasteiger partial charge in [-0.05, 0) is 56.0 Å². The highest BCUT2D eigenvalue weighted by Crippen LogP contribution is 2.39. The van der Waals surface area contributed by atoms with E-state index >= 15 is 0 Å². The van der Waals surface area contributed by atoms with Gasteiger partial charge in [-0.25, -0.2) is 0 Å². The fourth-order valence-corrected chi connectivity index (χ4v) is 3.27. The van der Waals surface area contributed by atoms with Crippen molar-refractivity contribution in [2.45, 2.75) is 25.2 Å². The van der Waals surface area contributed by atoms with Crippen molar-refractivity contribution in [3.63, 3.8) is 0 Å². The van der Waals surface area contributed by atoms with Gasteiger partial charge in [0.25, 0.3) is 0 Å². The van der Waals surface area contributed by atoms with Crippen LogP contribution < -0.4 is 5.32 Å². The van der Waals surface area contributed by atoms with E-state index in [1.54, 1.807) is 0 Å². The zero-order chi connectivity index (χ0) is 12.4. The third kappa shape index (κ3) is 2.13. The summed E-state index contributed by atoms with van der Waals surface area (Å²) in [6.07, 6.45) is 6.09. The molecule has 0 radical (unpaired) electrons. The number of fused-ring (bicyclic) bond motifs is 1. The molecule has 1 heterocycles. The van der Waals surface area contributed by atoms with Crippen LogP contribution >= 0.6 is 0 Å². The number of benzene rings is 1. The van der Waals surface area contributed by atoms with Crippen molar-refractivity contribution in [2.75, 3.05) is 13.6 Å². The van der Waals surface area contributed by atoms with Crippen LogP contribution in [0.5, 0.6) is 0 Å². The molecule has 2 heteroatoms. The third-order valence-electron chi connectivity index (χ3n) is 4.17. The summed E-state index contributed by atoms with van der Waals surface area (Å²) in [5.41, 5.74) is 2.52. The Hall–Kier alpha value is -1.41. The molecular formula is C16H20N2. The van der Waals surface area contributed by atoms with Crippen molar-refractivity contribution in [3.05, 3.63) is 42.1 Å². The van der Waals surface area contributed by atoms with Crippen molar-refractivity contribution in [1.29, 1.82) is 0 Å². The molecule has 0 bridgehead atoms. The number of hydrogen-bond acceptors (Lipinski definition) is 2. The van der Waals surface area contributed by atoms with E-state index in [0.29, 0.717) is 5.92 Å². The lowest BCUT2D eigenvalue weighted by molar-refractivity contribution is 0.462. The number of rotatable bonds is 3. The van der Waals surface area contributed by atoms with E-state index in [4.69, 9.17) is 0 Å². The number of hydrogen-bond donors (Lipinski definition) is 1. The highest BCUT2D eigenvalue weighted by molar-refractivity contribution is 5.78. The van der Waals surface area contributed by atoms with Gasteiger partial charge in [-0.3, -0.25) is 4.98 Å². The quantitative estimate of drug-likeness (QED) is 0.890. The predicted octanol–water partition coefficient (Wildman–Crippen LogP) is 3.34. The van der Waals surface area contributed by atoms with Gasteiger partial charge < -0.3 is 5.32 Å². The van der Waals surface area contributed by atoms with Gasteiger partial charge in [0.2, 0.25) is 0 Å². The predicted molar refractivity (Wildman–Crippen MR) is 75.8 cm³/mol. The third-order valence-corrected chi connectivity index (χ3v) is 4.17. The Labute approximate surface area is 108 Å². The molecule has 1 saturated carbocycles. The molecule has 1 aliphatic carbocycles. The fraction of sp³-hybridized carbons (Fsp3) is 0.438. The monoisotopic (exact) mass is 240 g/mol. The van der Waals surface area contributed by atoms with Crippen molar-refractivity contribution >= 4 is 10.9 Å². The molecule has 0 saturated heterocycles. The van der Waals surface area contributed by atoms with Crippen LogP contribution in [-0.2, 0) is 0 Å². The van der Waals surface area contributed by atoms with Crippen molar-refractivity contribution in [2.24, 2.45) is 5.92 Å². The molecule has 2 unspecified atom stereocenters. The molecule has 1 aromatic carbocycles. The molecule has 1 fully saturated rings. The average Bonchev–Trinajstić information content (AvgIpc) is 2.87. The summed E-state index contributed by atoms with van der Waals surface area (Å²) in [5, 5.41) is 4.59. The highest BCUT2D eigenvalue weighted by Gasteiger charge is 2.28. The Kier molecular flexibility index (Phi) is 3.28. The van der Waals surface area contributed by atoms with Crippen LogP contribution in [0.15, 0.2) is 36.5 Å². The second-order valence-corrected chi connectivity index (χ2v) is 5.32. The highest BCUT2D eigenvalue weighted by atomic mass is 14.8. The van der Waals surface area contributed by atoms with Crippen molar-refractivity contribution in [1.82, 2.24) is 10.3 Å². The zero-order valence-electron chi connectivity index (χ0n) is 10.9. The van der Waals surface area contributed by atoms with Gasteiger partial charge in [-0.1, -0.05) is 24.6 Å². The van der Waals surface area contributed by atoms with E-state index in [9.17, 15) is 0 Å². The lowest BCUT2D eigenvalue weighted by Gasteiger charge is -2.19. The first-order valence-electron chi connectivity index (χ1n) is 6.88. The largest absolute Gasteiger partial charge is 0.319 e. The average molecular weight is 240 g/mol. The number of pyridine rings is 1. The zero-order valence-corrected chi connectivity index (χ0v) is 10.9. The minimum atomic E-state index is 0.689. The normalized spacial score (nSPS) is 23.6. The van der Waals surface area contributed by atoms with E-state index in [2.05, 4.69) is 40.8 Å². The van der Waals surface area contributed by atoms with E-state index in [1.165, 1.54) is 30.2 Å². The van der Waals surface area contributed by atoms with Gasteiger partial charge in [0.15, 0.2) is 0 Å². The van der Waals surface area contributed by atoms with Crippen LogP contribution in [0.4, 0.5) is 0 Å². The first-order valence-corrected chi connectivity index (χ1v) is 6.88. The second kappa shape index (κ2) is 5.07. The van der Waals surface area contributed by atoms with Crippen molar-refractivity contribution in [3.8, 4) is 0 Å². The summed E-state index contributed by atoms with van der Waals surface area (Å²) in [4.78, 5) is 4.60. The fourth-order valence-electron chi connectivity index (χ4n) is 3.27. The Balaban J connectivity index is 1.93. The van der Waals surface area contributed by atoms with Gasteiger partial charge in [-0.2, -0.15) is 0 Å². The topological polar surface area (TPSA) is 24.9 Å². The SMILES string of the molecule is CNCC1CCCC1c1cnc2ccccc2c1. The molecule has 2 aromatic rings. The second-order valence-electron chi connectivity index (χ2n) is 5.32. The van der Waals surface area contributed by atoms with Gasteiger partial charge in [0.05, 0.1) is 5.52 Å². The van der Waals surface area contributed by atoms with Gasteiger partial charge in [-0.15, -0.1) is 0 Å². The van der Waals surface area contributed by atoms with E-state index in [-0.39, 0.29) is 0 Å². The smallest absolute Gasteiger partial charge is 0.0702 e. The summed E-state index contributed by atoms with van der Waals surface area (Å²) in [7, 11) is 2.05. The Morgan fingerprint density at radius 3 is 3.06 bits per heavy atom. The lowest BCUT2D eigenvalue weighted by Crippen LogP contribution is -2.21. The standard InChI is InChI=1S/C16H20N2/c1-17-10-13-6-4-7-15(13)14-9-12-5-2-3-8-16(12)18-11-14/h2-3,5,8-9,11,13,15,17H,4,6-7,10H2,1H3. The lowest BCUT2D eigenvalue weighted by atomic mass is 9.89. The van der Waals surface area contributed by atoms with Gasteiger partial charge >= 0.3 is 0 Å². The van der Waals surface area contributed by atoms with Gasteiger partial charge in [0.1, 0.15) is 0 Å². The summed E-state index contributed by atoms with van der Waals surface area (Å²) >= 11 is 0. The molecule has 3 rings (SSSR count). The molecule has 1 N–H and O–H groups in total. The van der Waals surface area contributed by atoms with Crippen LogP contribution in [0.3, 0.4) is 0 Å². The molecule has 1 aromatic heterocycles. The van der Waals surface area contributed by atoms with Crippen LogP contribution in [0.1, 0.15) is 30.7 Å². The van der Waals surface area contributed by atoms with Crippen molar-refractivity contribution < 1.29 is 0 Å². The minimum Gasteiger partial charge on any atom is -0.319 e. The number of nitrogens with one attached hydrogen (secondary N) is 1. The summed E-state index contributed by atoms with van der Waals surface area (Å²) in [5.74, 6) is 1.47. The summed E-state index contributed by atoms with van der Waals surface area (Å²) < 4.78 is 0.